The van der Waals surface area contributed by atoms with E-state index in [-0.39, 0.29) is 5.41 Å². The number of anilines is 1. The lowest BCUT2D eigenvalue weighted by Crippen LogP contribution is -2.40. The van der Waals surface area contributed by atoms with Gasteiger partial charge in [0.25, 0.3) is 0 Å². The lowest BCUT2D eigenvalue weighted by atomic mass is 9.74. The topological polar surface area (TPSA) is 56.3 Å². The molecule has 1 fully saturated rings. The van der Waals surface area contributed by atoms with Crippen LogP contribution in [0.3, 0.4) is 0 Å². The number of rotatable bonds is 5. The summed E-state index contributed by atoms with van der Waals surface area (Å²) in [5.41, 5.74) is 3.50. The van der Waals surface area contributed by atoms with Crippen molar-refractivity contribution in [3.05, 3.63) is 59.9 Å². The number of hydrogen-bond acceptors (Lipinski definition) is 5. The van der Waals surface area contributed by atoms with Gasteiger partial charge < -0.3 is 14.8 Å². The first-order chi connectivity index (χ1) is 13.2. The number of hydrogen-bond donors (Lipinski definition) is 1. The maximum absolute atomic E-state index is 5.65. The number of ether oxygens (including phenoxy) is 2. The van der Waals surface area contributed by atoms with Crippen LogP contribution < -0.4 is 10.1 Å². The summed E-state index contributed by atoms with van der Waals surface area (Å²) >= 11 is 0. The summed E-state index contributed by atoms with van der Waals surface area (Å²) in [7, 11) is 1.70. The van der Waals surface area contributed by atoms with Crippen molar-refractivity contribution >= 4 is 16.7 Å². The van der Waals surface area contributed by atoms with Gasteiger partial charge in [-0.2, -0.15) is 0 Å². The van der Waals surface area contributed by atoms with Gasteiger partial charge in [-0.25, -0.2) is 9.97 Å². The molecule has 0 radical (unpaired) electrons. The SMILES string of the molecule is COc1ccc(C2(CNc3ncnc4ccc(C)cc34)CCOCC2)cc1. The van der Waals surface area contributed by atoms with Gasteiger partial charge in [-0.15, -0.1) is 0 Å². The van der Waals surface area contributed by atoms with Gasteiger partial charge >= 0.3 is 0 Å². The van der Waals surface area contributed by atoms with Gasteiger partial charge in [0.15, 0.2) is 0 Å². The van der Waals surface area contributed by atoms with Crippen molar-refractivity contribution in [1.82, 2.24) is 9.97 Å². The molecule has 0 atom stereocenters. The van der Waals surface area contributed by atoms with E-state index in [2.05, 4.69) is 46.5 Å². The average Bonchev–Trinajstić information content (AvgIpc) is 2.73. The molecule has 1 aliphatic heterocycles. The summed E-state index contributed by atoms with van der Waals surface area (Å²) in [5.74, 6) is 1.77. The van der Waals surface area contributed by atoms with Crippen molar-refractivity contribution in [2.24, 2.45) is 0 Å². The summed E-state index contributed by atoms with van der Waals surface area (Å²) in [6, 6.07) is 14.7. The van der Waals surface area contributed by atoms with E-state index in [1.54, 1.807) is 13.4 Å². The second kappa shape index (κ2) is 7.53. The van der Waals surface area contributed by atoms with Gasteiger partial charge in [0.05, 0.1) is 12.6 Å². The fourth-order valence-corrected chi connectivity index (χ4v) is 3.84. The molecule has 1 N–H and O–H groups in total. The maximum atomic E-state index is 5.65. The molecule has 0 unspecified atom stereocenters. The monoisotopic (exact) mass is 363 g/mol. The molecule has 0 spiro atoms. The van der Waals surface area contributed by atoms with Crippen LogP contribution in [0.5, 0.6) is 5.75 Å². The van der Waals surface area contributed by atoms with Crippen LogP contribution >= 0.6 is 0 Å². The number of methoxy groups -OCH3 is 1. The van der Waals surface area contributed by atoms with Gasteiger partial charge in [-0.3, -0.25) is 0 Å². The molecule has 5 heteroatoms. The smallest absolute Gasteiger partial charge is 0.137 e. The van der Waals surface area contributed by atoms with Crippen LogP contribution in [-0.2, 0) is 10.2 Å². The first-order valence-electron chi connectivity index (χ1n) is 9.38. The fourth-order valence-electron chi connectivity index (χ4n) is 3.84. The van der Waals surface area contributed by atoms with Crippen molar-refractivity contribution in [2.45, 2.75) is 25.2 Å². The summed E-state index contributed by atoms with van der Waals surface area (Å²) in [6.45, 7) is 4.45. The maximum Gasteiger partial charge on any atom is 0.137 e. The molecule has 1 aliphatic rings. The highest BCUT2D eigenvalue weighted by Crippen LogP contribution is 2.36. The summed E-state index contributed by atoms with van der Waals surface area (Å²) in [4.78, 5) is 8.90. The Bertz CT molecular complexity index is 918. The summed E-state index contributed by atoms with van der Waals surface area (Å²) in [6.07, 6.45) is 3.59. The summed E-state index contributed by atoms with van der Waals surface area (Å²) < 4.78 is 11.0. The van der Waals surface area contributed by atoms with Crippen molar-refractivity contribution in [2.75, 3.05) is 32.2 Å². The first-order valence-corrected chi connectivity index (χ1v) is 9.38. The van der Waals surface area contributed by atoms with E-state index >= 15 is 0 Å². The third kappa shape index (κ3) is 3.60. The molecule has 2 heterocycles. The van der Waals surface area contributed by atoms with Crippen LogP contribution in [-0.4, -0.2) is 36.8 Å². The third-order valence-corrected chi connectivity index (χ3v) is 5.54. The highest BCUT2D eigenvalue weighted by atomic mass is 16.5. The highest BCUT2D eigenvalue weighted by molar-refractivity contribution is 5.89. The molecule has 1 aromatic heterocycles. The van der Waals surface area contributed by atoms with Crippen LogP contribution in [0.15, 0.2) is 48.8 Å². The van der Waals surface area contributed by atoms with Crippen LogP contribution in [0.2, 0.25) is 0 Å². The van der Waals surface area contributed by atoms with Gasteiger partial charge in [0, 0.05) is 30.6 Å². The molecular weight excluding hydrogens is 338 g/mol. The quantitative estimate of drug-likeness (QED) is 0.739. The van der Waals surface area contributed by atoms with Crippen molar-refractivity contribution < 1.29 is 9.47 Å². The van der Waals surface area contributed by atoms with E-state index in [4.69, 9.17) is 9.47 Å². The summed E-state index contributed by atoms with van der Waals surface area (Å²) in [5, 5.41) is 4.68. The Kier molecular flexibility index (Phi) is 4.94. The van der Waals surface area contributed by atoms with E-state index < -0.39 is 0 Å². The predicted octanol–water partition coefficient (Wildman–Crippen LogP) is 4.11. The van der Waals surface area contributed by atoms with E-state index in [0.29, 0.717) is 0 Å². The van der Waals surface area contributed by atoms with Crippen molar-refractivity contribution in [1.29, 1.82) is 0 Å². The van der Waals surface area contributed by atoms with Gasteiger partial charge in [0.2, 0.25) is 0 Å². The van der Waals surface area contributed by atoms with Crippen LogP contribution in [0.1, 0.15) is 24.0 Å². The van der Waals surface area contributed by atoms with Crippen LogP contribution in [0, 0.1) is 6.92 Å². The van der Waals surface area contributed by atoms with Gasteiger partial charge in [-0.1, -0.05) is 23.8 Å². The molecule has 0 aliphatic carbocycles. The predicted molar refractivity (Wildman–Crippen MR) is 107 cm³/mol. The Morgan fingerprint density at radius 2 is 1.85 bits per heavy atom. The minimum atomic E-state index is 0.0195. The number of aromatic nitrogens is 2. The molecule has 3 aromatic rings. The lowest BCUT2D eigenvalue weighted by Gasteiger charge is -2.38. The van der Waals surface area contributed by atoms with Gasteiger partial charge in [-0.05, 0) is 49.6 Å². The Morgan fingerprint density at radius 3 is 2.59 bits per heavy atom. The number of fused-ring (bicyclic) bond motifs is 1. The molecule has 0 bridgehead atoms. The molecule has 140 valence electrons. The van der Waals surface area contributed by atoms with Crippen LogP contribution in [0.25, 0.3) is 10.9 Å². The van der Waals surface area contributed by atoms with E-state index in [1.165, 1.54) is 11.1 Å². The molecule has 27 heavy (non-hydrogen) atoms. The Balaban J connectivity index is 1.64. The Labute approximate surface area is 159 Å². The largest absolute Gasteiger partial charge is 0.497 e. The van der Waals surface area contributed by atoms with Crippen molar-refractivity contribution in [3.8, 4) is 5.75 Å². The van der Waals surface area contributed by atoms with E-state index in [1.807, 2.05) is 18.2 Å². The average molecular weight is 363 g/mol. The Morgan fingerprint density at radius 1 is 1.07 bits per heavy atom. The number of nitrogens with zero attached hydrogens (tertiary/aromatic N) is 2. The standard InChI is InChI=1S/C22H25N3O2/c1-16-3-8-20-19(13-16)21(25-15-24-20)23-14-22(9-11-27-12-10-22)17-4-6-18(26-2)7-5-17/h3-8,13,15H,9-12,14H2,1-2H3,(H,23,24,25). The zero-order valence-electron chi connectivity index (χ0n) is 15.9. The van der Waals surface area contributed by atoms with E-state index in [0.717, 1.165) is 55.1 Å². The normalized spacial score (nSPS) is 16.2. The Hall–Kier alpha value is -2.66. The molecule has 0 saturated carbocycles. The van der Waals surface area contributed by atoms with E-state index in [9.17, 15) is 0 Å². The second-order valence-corrected chi connectivity index (χ2v) is 7.22. The number of benzene rings is 2. The van der Waals surface area contributed by atoms with Gasteiger partial charge in [0.1, 0.15) is 17.9 Å². The number of nitrogens with one attached hydrogen (secondary N) is 1. The zero-order valence-corrected chi connectivity index (χ0v) is 15.9. The molecule has 4 rings (SSSR count). The van der Waals surface area contributed by atoms with Crippen molar-refractivity contribution in [3.63, 3.8) is 0 Å². The third-order valence-electron chi connectivity index (χ3n) is 5.54. The molecule has 2 aromatic carbocycles. The molecule has 1 saturated heterocycles. The second-order valence-electron chi connectivity index (χ2n) is 7.22. The fraction of sp³-hybridized carbons (Fsp3) is 0.364. The minimum absolute atomic E-state index is 0.0195. The molecule has 5 nitrogen and oxygen atoms in total. The minimum Gasteiger partial charge on any atom is -0.497 e. The molecular formula is C22H25N3O2. The number of aryl methyl sites for hydroxylation is 1. The lowest BCUT2D eigenvalue weighted by molar-refractivity contribution is 0.0543. The first kappa shape index (κ1) is 17.7. The molecule has 0 amide bonds. The zero-order chi connectivity index (χ0) is 18.7. The van der Waals surface area contributed by atoms with Crippen LogP contribution in [0.4, 0.5) is 5.82 Å². The highest BCUT2D eigenvalue weighted by Gasteiger charge is 2.34.